The predicted octanol–water partition coefficient (Wildman–Crippen LogP) is 3.75. The predicted molar refractivity (Wildman–Crippen MR) is 123 cm³/mol. The van der Waals surface area contributed by atoms with Gasteiger partial charge in [-0.3, -0.25) is 9.78 Å². The molecule has 1 N–H and O–H groups in total. The number of sulfone groups is 1. The van der Waals surface area contributed by atoms with Crippen molar-refractivity contribution in [3.8, 4) is 22.6 Å². The lowest BCUT2D eigenvalue weighted by atomic mass is 10.0. The summed E-state index contributed by atoms with van der Waals surface area (Å²) in [5.74, 6) is 0.567. The Morgan fingerprint density at radius 2 is 1.73 bits per heavy atom. The van der Waals surface area contributed by atoms with Gasteiger partial charge in [-0.1, -0.05) is 18.2 Å². The van der Waals surface area contributed by atoms with Gasteiger partial charge in [-0.05, 0) is 60.0 Å². The summed E-state index contributed by atoms with van der Waals surface area (Å²) < 4.78 is 29.4. The van der Waals surface area contributed by atoms with E-state index in [0.29, 0.717) is 23.0 Å². The summed E-state index contributed by atoms with van der Waals surface area (Å²) in [6, 6.07) is 16.1. The molecule has 2 aromatic heterocycles. The normalized spacial score (nSPS) is 11.4. The van der Waals surface area contributed by atoms with E-state index in [4.69, 9.17) is 4.42 Å². The third-order valence-corrected chi connectivity index (χ3v) is 6.30. The standard InChI is InChI=1S/C24H22N4O4S/c1-15-7-8-19(13-22(15)33(3,30)31)23(29)26-14-21-12-18(9-10-25-21)17-5-4-6-20(11-17)24-28-27-16(2)32-24/h4-13H,14H2,1-3H3,(H,26,29). The molecule has 1 amide bonds. The third kappa shape index (κ3) is 5.15. The maximum absolute atomic E-state index is 12.6. The maximum Gasteiger partial charge on any atom is 0.251 e. The Kier molecular flexibility index (Phi) is 6.06. The largest absolute Gasteiger partial charge is 0.421 e. The number of aromatic nitrogens is 3. The van der Waals surface area contributed by atoms with Crippen molar-refractivity contribution in [2.75, 3.05) is 6.26 Å². The first kappa shape index (κ1) is 22.3. The van der Waals surface area contributed by atoms with Gasteiger partial charge in [0, 0.05) is 30.5 Å². The average Bonchev–Trinajstić information content (AvgIpc) is 3.23. The summed E-state index contributed by atoms with van der Waals surface area (Å²) in [5.41, 5.74) is 4.20. The molecule has 0 unspecified atom stereocenters. The molecule has 33 heavy (non-hydrogen) atoms. The van der Waals surface area contributed by atoms with Crippen LogP contribution in [0.2, 0.25) is 0 Å². The first-order chi connectivity index (χ1) is 15.7. The highest BCUT2D eigenvalue weighted by molar-refractivity contribution is 7.90. The number of hydrogen-bond acceptors (Lipinski definition) is 7. The molecule has 9 heteroatoms. The topological polar surface area (TPSA) is 115 Å². The number of nitrogens with one attached hydrogen (secondary N) is 1. The molecule has 168 valence electrons. The van der Waals surface area contributed by atoms with Crippen LogP contribution in [0, 0.1) is 13.8 Å². The van der Waals surface area contributed by atoms with Crippen molar-refractivity contribution in [1.82, 2.24) is 20.5 Å². The van der Waals surface area contributed by atoms with Crippen molar-refractivity contribution in [1.29, 1.82) is 0 Å². The second-order valence-electron chi connectivity index (χ2n) is 7.68. The molecule has 0 saturated heterocycles. The molecule has 0 atom stereocenters. The number of hydrogen-bond donors (Lipinski definition) is 1. The Morgan fingerprint density at radius 3 is 2.45 bits per heavy atom. The minimum Gasteiger partial charge on any atom is -0.421 e. The van der Waals surface area contributed by atoms with E-state index in [0.717, 1.165) is 22.9 Å². The van der Waals surface area contributed by atoms with E-state index < -0.39 is 9.84 Å². The molecule has 8 nitrogen and oxygen atoms in total. The van der Waals surface area contributed by atoms with Gasteiger partial charge in [0.25, 0.3) is 5.91 Å². The monoisotopic (exact) mass is 462 g/mol. The van der Waals surface area contributed by atoms with Crippen LogP contribution in [-0.2, 0) is 16.4 Å². The van der Waals surface area contributed by atoms with Crippen LogP contribution >= 0.6 is 0 Å². The van der Waals surface area contributed by atoms with Crippen molar-refractivity contribution in [3.05, 3.63) is 83.5 Å². The fourth-order valence-electron chi connectivity index (χ4n) is 3.41. The number of amides is 1. The molecule has 0 aliphatic rings. The van der Waals surface area contributed by atoms with Gasteiger partial charge in [0.05, 0.1) is 17.1 Å². The zero-order valence-electron chi connectivity index (χ0n) is 18.4. The molecule has 0 spiro atoms. The van der Waals surface area contributed by atoms with E-state index in [-0.39, 0.29) is 22.9 Å². The summed E-state index contributed by atoms with van der Waals surface area (Å²) in [6.45, 7) is 3.63. The van der Waals surface area contributed by atoms with Gasteiger partial charge in [-0.15, -0.1) is 10.2 Å². The van der Waals surface area contributed by atoms with Crippen LogP contribution in [0.15, 0.2) is 70.1 Å². The van der Waals surface area contributed by atoms with Crippen LogP contribution in [0.4, 0.5) is 0 Å². The molecule has 0 aliphatic carbocycles. The molecule has 0 bridgehead atoms. The SMILES string of the molecule is Cc1nnc(-c2cccc(-c3ccnc(CNC(=O)c4ccc(C)c(S(C)(=O)=O)c4)c3)c2)o1. The van der Waals surface area contributed by atoms with Gasteiger partial charge in [0.1, 0.15) is 0 Å². The highest BCUT2D eigenvalue weighted by Crippen LogP contribution is 2.26. The highest BCUT2D eigenvalue weighted by Gasteiger charge is 2.15. The Labute approximate surface area is 191 Å². The summed E-state index contributed by atoms with van der Waals surface area (Å²) >= 11 is 0. The minimum atomic E-state index is -3.42. The number of pyridine rings is 1. The van der Waals surface area contributed by atoms with Crippen molar-refractivity contribution in [3.63, 3.8) is 0 Å². The van der Waals surface area contributed by atoms with E-state index in [1.165, 1.54) is 6.07 Å². The van der Waals surface area contributed by atoms with Gasteiger partial charge >= 0.3 is 0 Å². The number of carbonyl (C=O) groups excluding carboxylic acids is 1. The fraction of sp³-hybridized carbons (Fsp3) is 0.167. The first-order valence-corrected chi connectivity index (χ1v) is 12.0. The lowest BCUT2D eigenvalue weighted by Gasteiger charge is -2.09. The molecular weight excluding hydrogens is 440 g/mol. The quantitative estimate of drug-likeness (QED) is 0.464. The number of aryl methyl sites for hydroxylation is 2. The van der Waals surface area contributed by atoms with Crippen LogP contribution in [0.25, 0.3) is 22.6 Å². The van der Waals surface area contributed by atoms with Crippen molar-refractivity contribution >= 4 is 15.7 Å². The van der Waals surface area contributed by atoms with E-state index in [2.05, 4.69) is 20.5 Å². The molecule has 0 fully saturated rings. The Balaban J connectivity index is 1.51. The minimum absolute atomic E-state index is 0.145. The van der Waals surface area contributed by atoms with Crippen LogP contribution in [0.3, 0.4) is 0 Å². The van der Waals surface area contributed by atoms with Crippen LogP contribution in [0.1, 0.15) is 27.5 Å². The zero-order chi connectivity index (χ0) is 23.6. The summed E-state index contributed by atoms with van der Waals surface area (Å²) in [7, 11) is -3.42. The molecule has 0 saturated carbocycles. The molecule has 4 rings (SSSR count). The second-order valence-corrected chi connectivity index (χ2v) is 9.66. The number of carbonyl (C=O) groups is 1. The van der Waals surface area contributed by atoms with Gasteiger partial charge in [-0.2, -0.15) is 0 Å². The van der Waals surface area contributed by atoms with Crippen molar-refractivity contribution in [2.24, 2.45) is 0 Å². The molecule has 4 aromatic rings. The first-order valence-electron chi connectivity index (χ1n) is 10.2. The molecule has 0 radical (unpaired) electrons. The summed E-state index contributed by atoms with van der Waals surface area (Å²) in [6.07, 6.45) is 2.80. The molecule has 0 aliphatic heterocycles. The third-order valence-electron chi connectivity index (χ3n) is 5.07. The van der Waals surface area contributed by atoms with Crippen LogP contribution in [0.5, 0.6) is 0 Å². The Morgan fingerprint density at radius 1 is 0.970 bits per heavy atom. The van der Waals surface area contributed by atoms with Crippen LogP contribution in [-0.4, -0.2) is 35.8 Å². The zero-order valence-corrected chi connectivity index (χ0v) is 19.2. The number of rotatable bonds is 6. The number of nitrogens with zero attached hydrogens (tertiary/aromatic N) is 3. The second kappa shape index (κ2) is 8.95. The Bertz CT molecular complexity index is 1440. The van der Waals surface area contributed by atoms with Crippen molar-refractivity contribution in [2.45, 2.75) is 25.3 Å². The van der Waals surface area contributed by atoms with E-state index in [1.54, 1.807) is 32.2 Å². The van der Waals surface area contributed by atoms with Gasteiger partial charge in [0.2, 0.25) is 11.8 Å². The van der Waals surface area contributed by atoms with E-state index in [1.807, 2.05) is 36.4 Å². The van der Waals surface area contributed by atoms with Gasteiger partial charge < -0.3 is 9.73 Å². The lowest BCUT2D eigenvalue weighted by Crippen LogP contribution is -2.23. The lowest BCUT2D eigenvalue weighted by molar-refractivity contribution is 0.0950. The van der Waals surface area contributed by atoms with Gasteiger partial charge in [0.15, 0.2) is 9.84 Å². The smallest absolute Gasteiger partial charge is 0.251 e. The fourth-order valence-corrected chi connectivity index (χ4v) is 4.41. The summed E-state index contributed by atoms with van der Waals surface area (Å²) in [5, 5.41) is 10.7. The molecular formula is C24H22N4O4S. The molecule has 2 aromatic carbocycles. The average molecular weight is 463 g/mol. The van der Waals surface area contributed by atoms with Crippen molar-refractivity contribution < 1.29 is 17.6 Å². The van der Waals surface area contributed by atoms with Gasteiger partial charge in [-0.25, -0.2) is 8.42 Å². The highest BCUT2D eigenvalue weighted by atomic mass is 32.2. The maximum atomic E-state index is 12.6. The van der Waals surface area contributed by atoms with E-state index >= 15 is 0 Å². The van der Waals surface area contributed by atoms with Crippen LogP contribution < -0.4 is 5.32 Å². The molecule has 2 heterocycles. The summed E-state index contributed by atoms with van der Waals surface area (Å²) in [4.78, 5) is 17.1. The Hall–Kier alpha value is -3.85. The number of benzene rings is 2. The van der Waals surface area contributed by atoms with E-state index in [9.17, 15) is 13.2 Å².